The summed E-state index contributed by atoms with van der Waals surface area (Å²) in [6.45, 7) is 0. The highest BCUT2D eigenvalue weighted by Gasteiger charge is 2.26. The molecular formula is C13H14N2O4S. The number of imidazole rings is 1. The van der Waals surface area contributed by atoms with Crippen LogP contribution in [0.5, 0.6) is 0 Å². The molecule has 0 saturated carbocycles. The van der Waals surface area contributed by atoms with E-state index in [0.29, 0.717) is 11.9 Å². The lowest BCUT2D eigenvalue weighted by atomic mass is 10.1. The summed E-state index contributed by atoms with van der Waals surface area (Å²) in [6.07, 6.45) is 3.05. The number of aromatic carboxylic acids is 1. The molecule has 0 aliphatic carbocycles. The number of carboxylic acid groups (broad SMARTS) is 1. The highest BCUT2D eigenvalue weighted by atomic mass is 32.2. The topological polar surface area (TPSA) is 89.3 Å². The fraction of sp³-hybridized carbons (Fsp3) is 0.385. The first-order valence-electron chi connectivity index (χ1n) is 6.36. The lowest BCUT2D eigenvalue weighted by Gasteiger charge is -2.23. The Morgan fingerprint density at radius 1 is 1.40 bits per heavy atom. The van der Waals surface area contributed by atoms with Crippen LogP contribution in [0.2, 0.25) is 0 Å². The van der Waals surface area contributed by atoms with Gasteiger partial charge in [0.05, 0.1) is 34.4 Å². The maximum Gasteiger partial charge on any atom is 0.335 e. The normalized spacial score (nSPS) is 21.9. The Morgan fingerprint density at radius 2 is 2.20 bits per heavy atom. The molecule has 1 aliphatic rings. The highest BCUT2D eigenvalue weighted by Crippen LogP contribution is 2.27. The summed E-state index contributed by atoms with van der Waals surface area (Å²) in [5.74, 6) is -0.625. The summed E-state index contributed by atoms with van der Waals surface area (Å²) in [7, 11) is -2.99. The molecule has 1 saturated heterocycles. The molecule has 0 spiro atoms. The zero-order valence-electron chi connectivity index (χ0n) is 10.7. The third kappa shape index (κ3) is 2.29. The van der Waals surface area contributed by atoms with Crippen LogP contribution in [0, 0.1) is 0 Å². The van der Waals surface area contributed by atoms with Gasteiger partial charge in [0.1, 0.15) is 0 Å². The van der Waals surface area contributed by atoms with Crippen molar-refractivity contribution in [3.63, 3.8) is 0 Å². The standard InChI is InChI=1S/C13H14N2O4S/c16-13(17)9-3-4-12-11(6-9)14-8-15(12)10-2-1-5-20(18,19)7-10/h3-4,6,8,10H,1-2,5,7H2,(H,16,17). The Morgan fingerprint density at radius 3 is 2.90 bits per heavy atom. The minimum absolute atomic E-state index is 0.116. The Hall–Kier alpha value is -1.89. The average molecular weight is 294 g/mol. The summed E-state index contributed by atoms with van der Waals surface area (Å²) in [5, 5.41) is 8.95. The summed E-state index contributed by atoms with van der Waals surface area (Å²) < 4.78 is 25.3. The van der Waals surface area contributed by atoms with E-state index >= 15 is 0 Å². The number of carbonyl (C=O) groups is 1. The molecule has 0 amide bonds. The lowest BCUT2D eigenvalue weighted by Crippen LogP contribution is -2.27. The first-order chi connectivity index (χ1) is 9.46. The largest absolute Gasteiger partial charge is 0.478 e. The molecule has 1 atom stereocenters. The van der Waals surface area contributed by atoms with Crippen LogP contribution in [-0.2, 0) is 9.84 Å². The number of rotatable bonds is 2. The molecule has 2 heterocycles. The van der Waals surface area contributed by atoms with Gasteiger partial charge < -0.3 is 9.67 Å². The number of hydrogen-bond donors (Lipinski definition) is 1. The first kappa shape index (κ1) is 13.1. The summed E-state index contributed by atoms with van der Waals surface area (Å²) >= 11 is 0. The summed E-state index contributed by atoms with van der Waals surface area (Å²) in [6, 6.07) is 4.59. The zero-order chi connectivity index (χ0) is 14.3. The molecule has 1 fully saturated rings. The quantitative estimate of drug-likeness (QED) is 0.906. The van der Waals surface area contributed by atoms with Crippen molar-refractivity contribution in [3.05, 3.63) is 30.1 Å². The molecular weight excluding hydrogens is 280 g/mol. The van der Waals surface area contributed by atoms with Gasteiger partial charge in [-0.15, -0.1) is 0 Å². The number of aromatic nitrogens is 2. The van der Waals surface area contributed by atoms with E-state index in [1.54, 1.807) is 12.4 Å². The van der Waals surface area contributed by atoms with Crippen molar-refractivity contribution in [2.24, 2.45) is 0 Å². The van der Waals surface area contributed by atoms with Gasteiger partial charge in [-0.05, 0) is 31.0 Å². The van der Waals surface area contributed by atoms with Crippen LogP contribution in [0.4, 0.5) is 0 Å². The van der Waals surface area contributed by atoms with Crippen molar-refractivity contribution >= 4 is 26.8 Å². The molecule has 0 radical (unpaired) electrons. The molecule has 2 aromatic rings. The van der Waals surface area contributed by atoms with E-state index in [4.69, 9.17) is 5.11 Å². The number of nitrogens with zero attached hydrogens (tertiary/aromatic N) is 2. The second-order valence-electron chi connectivity index (χ2n) is 5.07. The van der Waals surface area contributed by atoms with Gasteiger partial charge in [-0.3, -0.25) is 0 Å². The molecule has 20 heavy (non-hydrogen) atoms. The summed E-state index contributed by atoms with van der Waals surface area (Å²) in [5.41, 5.74) is 1.53. The monoisotopic (exact) mass is 294 g/mol. The van der Waals surface area contributed by atoms with Gasteiger partial charge in [0.15, 0.2) is 9.84 Å². The van der Waals surface area contributed by atoms with Crippen molar-refractivity contribution in [1.82, 2.24) is 9.55 Å². The van der Waals surface area contributed by atoms with E-state index in [-0.39, 0.29) is 23.1 Å². The molecule has 1 aliphatic heterocycles. The van der Waals surface area contributed by atoms with Gasteiger partial charge in [-0.25, -0.2) is 18.2 Å². The maximum absolute atomic E-state index is 11.7. The molecule has 3 rings (SSSR count). The van der Waals surface area contributed by atoms with Crippen LogP contribution in [0.1, 0.15) is 29.2 Å². The Balaban J connectivity index is 2.02. The Kier molecular flexibility index (Phi) is 3.01. The first-order valence-corrected chi connectivity index (χ1v) is 8.19. The molecule has 1 unspecified atom stereocenters. The Labute approximate surface area is 116 Å². The van der Waals surface area contributed by atoms with E-state index in [1.165, 1.54) is 12.1 Å². The fourth-order valence-corrected chi connectivity index (χ4v) is 4.36. The zero-order valence-corrected chi connectivity index (χ0v) is 11.5. The van der Waals surface area contributed by atoms with E-state index in [9.17, 15) is 13.2 Å². The second kappa shape index (κ2) is 4.59. The molecule has 1 aromatic carbocycles. The minimum Gasteiger partial charge on any atom is -0.478 e. The third-order valence-electron chi connectivity index (χ3n) is 3.65. The smallest absolute Gasteiger partial charge is 0.335 e. The van der Waals surface area contributed by atoms with Crippen molar-refractivity contribution < 1.29 is 18.3 Å². The minimum atomic E-state index is -2.99. The van der Waals surface area contributed by atoms with Crippen molar-refractivity contribution in [2.45, 2.75) is 18.9 Å². The van der Waals surface area contributed by atoms with Crippen LogP contribution in [0.3, 0.4) is 0 Å². The number of carboxylic acids is 1. The van der Waals surface area contributed by atoms with Gasteiger partial charge in [0, 0.05) is 6.04 Å². The van der Waals surface area contributed by atoms with E-state index in [1.807, 2.05) is 4.57 Å². The average Bonchev–Trinajstić information content (AvgIpc) is 2.80. The lowest BCUT2D eigenvalue weighted by molar-refractivity contribution is 0.0697. The van der Waals surface area contributed by atoms with E-state index < -0.39 is 15.8 Å². The van der Waals surface area contributed by atoms with Gasteiger partial charge >= 0.3 is 5.97 Å². The van der Waals surface area contributed by atoms with Crippen LogP contribution >= 0.6 is 0 Å². The highest BCUT2D eigenvalue weighted by molar-refractivity contribution is 7.91. The molecule has 106 valence electrons. The number of hydrogen-bond acceptors (Lipinski definition) is 4. The van der Waals surface area contributed by atoms with Crippen LogP contribution in [0.25, 0.3) is 11.0 Å². The number of fused-ring (bicyclic) bond motifs is 1. The number of sulfone groups is 1. The van der Waals surface area contributed by atoms with Crippen molar-refractivity contribution in [1.29, 1.82) is 0 Å². The molecule has 7 heteroatoms. The van der Waals surface area contributed by atoms with Crippen molar-refractivity contribution in [2.75, 3.05) is 11.5 Å². The summed E-state index contributed by atoms with van der Waals surface area (Å²) in [4.78, 5) is 15.1. The van der Waals surface area contributed by atoms with E-state index in [2.05, 4.69) is 4.98 Å². The van der Waals surface area contributed by atoms with Crippen LogP contribution in [0.15, 0.2) is 24.5 Å². The van der Waals surface area contributed by atoms with Gasteiger partial charge in [0.2, 0.25) is 0 Å². The van der Waals surface area contributed by atoms with Crippen molar-refractivity contribution in [3.8, 4) is 0 Å². The number of benzene rings is 1. The molecule has 1 N–H and O–H groups in total. The van der Waals surface area contributed by atoms with Gasteiger partial charge in [-0.1, -0.05) is 0 Å². The predicted molar refractivity (Wildman–Crippen MR) is 73.6 cm³/mol. The van der Waals surface area contributed by atoms with Crippen LogP contribution < -0.4 is 0 Å². The molecule has 6 nitrogen and oxygen atoms in total. The van der Waals surface area contributed by atoms with Gasteiger partial charge in [-0.2, -0.15) is 0 Å². The van der Waals surface area contributed by atoms with Gasteiger partial charge in [0.25, 0.3) is 0 Å². The molecule has 1 aromatic heterocycles. The predicted octanol–water partition coefficient (Wildman–Crippen LogP) is 1.48. The SMILES string of the molecule is O=C(O)c1ccc2c(c1)ncn2C1CCCS(=O)(=O)C1. The maximum atomic E-state index is 11.7. The van der Waals surface area contributed by atoms with Crippen LogP contribution in [-0.4, -0.2) is 40.6 Å². The molecule has 0 bridgehead atoms. The third-order valence-corrected chi connectivity index (χ3v) is 5.46. The second-order valence-corrected chi connectivity index (χ2v) is 7.30. The van der Waals surface area contributed by atoms with E-state index in [0.717, 1.165) is 11.9 Å². The fourth-order valence-electron chi connectivity index (χ4n) is 2.67. The Bertz CT molecular complexity index is 779.